The predicted octanol–water partition coefficient (Wildman–Crippen LogP) is 4.73. The standard InChI is InChI=1S/C24H17Cl2N3O2/c25-17-5-6-18(19(26)13-17)21-22(28-12-9-16-3-1-2-4-20(16)28)24(31)29(23(21)30)14-15-7-10-27-11-8-15/h1-8,10-11,13H,9,12,14H2. The molecule has 0 unspecified atom stereocenters. The lowest BCUT2D eigenvalue weighted by Gasteiger charge is -2.22. The van der Waals surface area contributed by atoms with E-state index in [2.05, 4.69) is 4.98 Å². The Kier molecular flexibility index (Phi) is 5.00. The smallest absolute Gasteiger partial charge is 0.278 e. The Labute approximate surface area is 189 Å². The Bertz CT molecular complexity index is 1240. The number of anilines is 1. The highest BCUT2D eigenvalue weighted by molar-refractivity contribution is 6.41. The van der Waals surface area contributed by atoms with Crippen LogP contribution in [0, 0.1) is 0 Å². The summed E-state index contributed by atoms with van der Waals surface area (Å²) in [6.07, 6.45) is 4.08. The highest BCUT2D eigenvalue weighted by Gasteiger charge is 2.43. The molecule has 0 saturated carbocycles. The zero-order chi connectivity index (χ0) is 21.5. The van der Waals surface area contributed by atoms with Crippen molar-refractivity contribution in [3.05, 3.63) is 99.4 Å². The van der Waals surface area contributed by atoms with Crippen molar-refractivity contribution in [3.8, 4) is 0 Å². The lowest BCUT2D eigenvalue weighted by Crippen LogP contribution is -2.34. The van der Waals surface area contributed by atoms with Gasteiger partial charge in [0.25, 0.3) is 11.8 Å². The second-order valence-electron chi connectivity index (χ2n) is 7.43. The molecule has 2 amide bonds. The molecule has 0 N–H and O–H groups in total. The normalized spacial score (nSPS) is 15.8. The molecule has 0 bridgehead atoms. The Morgan fingerprint density at radius 1 is 0.935 bits per heavy atom. The fourth-order valence-electron chi connectivity index (χ4n) is 4.13. The van der Waals surface area contributed by atoms with Gasteiger partial charge in [-0.3, -0.25) is 19.5 Å². The second-order valence-corrected chi connectivity index (χ2v) is 8.27. The highest BCUT2D eigenvalue weighted by atomic mass is 35.5. The van der Waals surface area contributed by atoms with E-state index in [9.17, 15) is 9.59 Å². The van der Waals surface area contributed by atoms with Crippen LogP contribution in [0.1, 0.15) is 16.7 Å². The number of imide groups is 1. The molecule has 2 aliphatic rings. The fourth-order valence-corrected chi connectivity index (χ4v) is 4.64. The molecule has 0 atom stereocenters. The van der Waals surface area contributed by atoms with Crippen LogP contribution in [-0.4, -0.2) is 28.2 Å². The molecule has 7 heteroatoms. The van der Waals surface area contributed by atoms with Gasteiger partial charge in [0.15, 0.2) is 0 Å². The third-order valence-corrected chi connectivity index (χ3v) is 6.14. The number of amides is 2. The second kappa shape index (κ2) is 7.84. The van der Waals surface area contributed by atoms with Gasteiger partial charge < -0.3 is 4.90 Å². The largest absolute Gasteiger partial charge is 0.336 e. The number of aromatic nitrogens is 1. The highest BCUT2D eigenvalue weighted by Crippen LogP contribution is 2.41. The maximum absolute atomic E-state index is 13.6. The summed E-state index contributed by atoms with van der Waals surface area (Å²) in [7, 11) is 0. The molecule has 3 heterocycles. The van der Waals surface area contributed by atoms with Crippen molar-refractivity contribution in [2.45, 2.75) is 13.0 Å². The van der Waals surface area contributed by atoms with Gasteiger partial charge in [-0.2, -0.15) is 0 Å². The minimum absolute atomic E-state index is 0.161. The lowest BCUT2D eigenvalue weighted by molar-refractivity contribution is -0.137. The molecular formula is C24H17Cl2N3O2. The number of nitrogens with zero attached hydrogens (tertiary/aromatic N) is 3. The van der Waals surface area contributed by atoms with Gasteiger partial charge in [0.05, 0.1) is 17.1 Å². The van der Waals surface area contributed by atoms with E-state index in [1.165, 1.54) is 4.90 Å². The molecule has 31 heavy (non-hydrogen) atoms. The Hall–Kier alpha value is -3.15. The number of pyridine rings is 1. The molecule has 2 aromatic carbocycles. The van der Waals surface area contributed by atoms with Gasteiger partial charge in [-0.1, -0.05) is 47.5 Å². The van der Waals surface area contributed by atoms with Crippen LogP contribution in [-0.2, 0) is 22.6 Å². The number of carbonyl (C=O) groups excluding carboxylic acids is 2. The topological polar surface area (TPSA) is 53.5 Å². The van der Waals surface area contributed by atoms with Crippen molar-refractivity contribution < 1.29 is 9.59 Å². The van der Waals surface area contributed by atoms with Crippen LogP contribution in [0.5, 0.6) is 0 Å². The molecule has 0 aliphatic carbocycles. The van der Waals surface area contributed by atoms with Crippen LogP contribution in [0.15, 0.2) is 72.7 Å². The quantitative estimate of drug-likeness (QED) is 0.540. The van der Waals surface area contributed by atoms with Gasteiger partial charge in [0, 0.05) is 35.2 Å². The molecule has 0 spiro atoms. The van der Waals surface area contributed by atoms with Crippen molar-refractivity contribution in [1.82, 2.24) is 9.88 Å². The first-order valence-corrected chi connectivity index (χ1v) is 10.6. The van der Waals surface area contributed by atoms with Crippen LogP contribution in [0.4, 0.5) is 5.69 Å². The molecule has 5 nitrogen and oxygen atoms in total. The first-order valence-electron chi connectivity index (χ1n) is 9.85. The van der Waals surface area contributed by atoms with Gasteiger partial charge in [-0.25, -0.2) is 0 Å². The summed E-state index contributed by atoms with van der Waals surface area (Å²) in [6, 6.07) is 16.5. The van der Waals surface area contributed by atoms with Crippen LogP contribution in [0.25, 0.3) is 5.57 Å². The van der Waals surface area contributed by atoms with E-state index < -0.39 is 0 Å². The van der Waals surface area contributed by atoms with E-state index in [0.717, 1.165) is 23.2 Å². The number of benzene rings is 2. The third kappa shape index (κ3) is 3.40. The first-order chi connectivity index (χ1) is 15.0. The van der Waals surface area contributed by atoms with Crippen molar-refractivity contribution >= 4 is 46.3 Å². The van der Waals surface area contributed by atoms with E-state index in [-0.39, 0.29) is 18.4 Å². The summed E-state index contributed by atoms with van der Waals surface area (Å²) in [4.78, 5) is 34.4. The molecule has 154 valence electrons. The van der Waals surface area contributed by atoms with Crippen LogP contribution in [0.3, 0.4) is 0 Å². The summed E-state index contributed by atoms with van der Waals surface area (Å²) >= 11 is 12.6. The average Bonchev–Trinajstić information content (AvgIpc) is 3.29. The number of fused-ring (bicyclic) bond motifs is 1. The van der Waals surface area contributed by atoms with E-state index >= 15 is 0 Å². The molecule has 0 fully saturated rings. The Morgan fingerprint density at radius 3 is 2.48 bits per heavy atom. The summed E-state index contributed by atoms with van der Waals surface area (Å²) in [5, 5.41) is 0.798. The average molecular weight is 450 g/mol. The number of halogens is 2. The van der Waals surface area contributed by atoms with Crippen molar-refractivity contribution in [1.29, 1.82) is 0 Å². The molecule has 3 aromatic rings. The predicted molar refractivity (Wildman–Crippen MR) is 121 cm³/mol. The zero-order valence-corrected chi connectivity index (χ0v) is 17.9. The zero-order valence-electron chi connectivity index (χ0n) is 16.4. The van der Waals surface area contributed by atoms with Crippen molar-refractivity contribution in [2.75, 3.05) is 11.4 Å². The van der Waals surface area contributed by atoms with E-state index in [4.69, 9.17) is 23.2 Å². The Balaban J connectivity index is 1.65. The van der Waals surface area contributed by atoms with E-state index in [1.807, 2.05) is 29.2 Å². The number of hydrogen-bond donors (Lipinski definition) is 0. The number of para-hydroxylation sites is 1. The number of carbonyl (C=O) groups is 2. The van der Waals surface area contributed by atoms with E-state index in [0.29, 0.717) is 33.4 Å². The van der Waals surface area contributed by atoms with E-state index in [1.54, 1.807) is 42.7 Å². The van der Waals surface area contributed by atoms with Gasteiger partial charge in [-0.15, -0.1) is 0 Å². The minimum Gasteiger partial charge on any atom is -0.336 e. The van der Waals surface area contributed by atoms with Gasteiger partial charge in [0.1, 0.15) is 5.70 Å². The first kappa shape index (κ1) is 19.8. The minimum atomic E-state index is -0.370. The maximum atomic E-state index is 13.6. The number of rotatable bonds is 4. The van der Waals surface area contributed by atoms with Crippen LogP contribution >= 0.6 is 23.2 Å². The molecule has 1 aromatic heterocycles. The molecular weight excluding hydrogens is 433 g/mol. The van der Waals surface area contributed by atoms with Crippen molar-refractivity contribution in [2.24, 2.45) is 0 Å². The third-order valence-electron chi connectivity index (χ3n) is 5.59. The summed E-state index contributed by atoms with van der Waals surface area (Å²) in [6.45, 7) is 0.777. The maximum Gasteiger partial charge on any atom is 0.278 e. The molecule has 2 aliphatic heterocycles. The van der Waals surface area contributed by atoms with Gasteiger partial charge in [0.2, 0.25) is 0 Å². The van der Waals surface area contributed by atoms with Crippen LogP contribution < -0.4 is 4.90 Å². The number of hydrogen-bond acceptors (Lipinski definition) is 4. The van der Waals surface area contributed by atoms with Crippen molar-refractivity contribution in [3.63, 3.8) is 0 Å². The molecule has 0 saturated heterocycles. The van der Waals surface area contributed by atoms with Gasteiger partial charge in [-0.05, 0) is 47.9 Å². The van der Waals surface area contributed by atoms with Gasteiger partial charge >= 0.3 is 0 Å². The summed E-state index contributed by atoms with van der Waals surface area (Å²) < 4.78 is 0. The lowest BCUT2D eigenvalue weighted by atomic mass is 10.0. The molecule has 5 rings (SSSR count). The summed E-state index contributed by atoms with van der Waals surface area (Å²) in [5.74, 6) is -0.704. The summed E-state index contributed by atoms with van der Waals surface area (Å²) in [5.41, 5.74) is 4.06. The molecule has 0 radical (unpaired) electrons. The Morgan fingerprint density at radius 2 is 1.71 bits per heavy atom. The van der Waals surface area contributed by atoms with Crippen LogP contribution in [0.2, 0.25) is 10.0 Å². The monoisotopic (exact) mass is 449 g/mol. The fraction of sp³-hybridized carbons (Fsp3) is 0.125. The SMILES string of the molecule is O=C1C(c2ccc(Cl)cc2Cl)=C(N2CCc3ccccc32)C(=O)N1Cc1ccncc1.